The fourth-order valence-corrected chi connectivity index (χ4v) is 2.97. The molecule has 0 saturated heterocycles. The van der Waals surface area contributed by atoms with Gasteiger partial charge in [0.2, 0.25) is 17.7 Å². The second-order valence-corrected chi connectivity index (χ2v) is 7.21. The van der Waals surface area contributed by atoms with Crippen LogP contribution in [0, 0.1) is 5.92 Å². The lowest BCUT2D eigenvalue weighted by Gasteiger charge is -2.18. The van der Waals surface area contributed by atoms with E-state index in [1.165, 1.54) is 30.3 Å². The first-order chi connectivity index (χ1) is 14.6. The van der Waals surface area contributed by atoms with Crippen molar-refractivity contribution in [1.29, 1.82) is 0 Å². The largest absolute Gasteiger partial charge is 0.481 e. The lowest BCUT2D eigenvalue weighted by atomic mass is 10.1. The third-order valence-corrected chi connectivity index (χ3v) is 4.54. The van der Waals surface area contributed by atoms with Crippen molar-refractivity contribution < 1.29 is 32.2 Å². The number of methoxy groups -OCH3 is 1. The predicted molar refractivity (Wildman–Crippen MR) is 104 cm³/mol. The SMILES string of the molecule is COc1nc(OCC(F)(F)F)ccc1CN1Cc2c(ccnc2NC(=O)C(C)C)C1=O. The number of anilines is 1. The topological polar surface area (TPSA) is 93.7 Å². The van der Waals surface area contributed by atoms with Crippen LogP contribution in [0.2, 0.25) is 0 Å². The molecule has 0 fully saturated rings. The Morgan fingerprint density at radius 1 is 1.29 bits per heavy atom. The summed E-state index contributed by atoms with van der Waals surface area (Å²) in [6.45, 7) is 2.32. The first-order valence-electron chi connectivity index (χ1n) is 9.40. The van der Waals surface area contributed by atoms with Crippen molar-refractivity contribution in [3.63, 3.8) is 0 Å². The van der Waals surface area contributed by atoms with Crippen LogP contribution in [-0.4, -0.2) is 46.6 Å². The number of nitrogens with one attached hydrogen (secondary N) is 1. The van der Waals surface area contributed by atoms with E-state index < -0.39 is 12.8 Å². The molecule has 2 aromatic rings. The summed E-state index contributed by atoms with van der Waals surface area (Å²) >= 11 is 0. The van der Waals surface area contributed by atoms with Gasteiger partial charge in [-0.15, -0.1) is 0 Å². The first kappa shape index (κ1) is 22.3. The van der Waals surface area contributed by atoms with Crippen LogP contribution in [0.5, 0.6) is 11.8 Å². The molecule has 11 heteroatoms. The molecule has 1 aliphatic rings. The number of carbonyl (C=O) groups excluding carboxylic acids is 2. The fraction of sp³-hybridized carbons (Fsp3) is 0.400. The molecule has 3 heterocycles. The van der Waals surface area contributed by atoms with Gasteiger partial charge in [0.25, 0.3) is 5.91 Å². The minimum atomic E-state index is -4.49. The molecular weight excluding hydrogens is 417 g/mol. The van der Waals surface area contributed by atoms with E-state index in [4.69, 9.17) is 4.74 Å². The van der Waals surface area contributed by atoms with Crippen molar-refractivity contribution in [3.05, 3.63) is 41.1 Å². The number of ether oxygens (including phenoxy) is 2. The van der Waals surface area contributed by atoms with Crippen molar-refractivity contribution >= 4 is 17.6 Å². The van der Waals surface area contributed by atoms with E-state index >= 15 is 0 Å². The van der Waals surface area contributed by atoms with Gasteiger partial charge in [0.15, 0.2) is 6.61 Å². The van der Waals surface area contributed by atoms with Crippen LogP contribution in [-0.2, 0) is 17.9 Å². The summed E-state index contributed by atoms with van der Waals surface area (Å²) in [5.41, 5.74) is 1.51. The molecule has 0 spiro atoms. The third kappa shape index (κ3) is 5.22. The van der Waals surface area contributed by atoms with E-state index in [-0.39, 0.29) is 42.6 Å². The van der Waals surface area contributed by atoms with Gasteiger partial charge in [-0.2, -0.15) is 18.2 Å². The molecule has 0 saturated carbocycles. The molecule has 1 aliphatic heterocycles. The van der Waals surface area contributed by atoms with E-state index in [2.05, 4.69) is 20.0 Å². The van der Waals surface area contributed by atoms with Gasteiger partial charge in [0, 0.05) is 34.9 Å². The normalized spacial score (nSPS) is 13.4. The van der Waals surface area contributed by atoms with Crippen LogP contribution < -0.4 is 14.8 Å². The highest BCUT2D eigenvalue weighted by atomic mass is 19.4. The summed E-state index contributed by atoms with van der Waals surface area (Å²) in [5, 5.41) is 2.73. The van der Waals surface area contributed by atoms with Crippen molar-refractivity contribution in [2.75, 3.05) is 19.0 Å². The number of rotatable bonds is 7. The summed E-state index contributed by atoms with van der Waals surface area (Å²) in [4.78, 5) is 34.5. The Balaban J connectivity index is 1.77. The van der Waals surface area contributed by atoms with Gasteiger partial charge in [-0.3, -0.25) is 9.59 Å². The maximum atomic E-state index is 12.8. The fourth-order valence-electron chi connectivity index (χ4n) is 2.97. The van der Waals surface area contributed by atoms with E-state index in [9.17, 15) is 22.8 Å². The van der Waals surface area contributed by atoms with Crippen molar-refractivity contribution in [2.45, 2.75) is 33.1 Å². The Morgan fingerprint density at radius 2 is 2.03 bits per heavy atom. The number of nitrogens with zero attached hydrogens (tertiary/aromatic N) is 3. The van der Waals surface area contributed by atoms with Gasteiger partial charge < -0.3 is 19.7 Å². The van der Waals surface area contributed by atoms with Crippen LogP contribution in [0.3, 0.4) is 0 Å². The standard InChI is InChI=1S/C20H21F3N4O4/c1-11(2)17(28)26-16-14-9-27(19(29)13(14)6-7-24-16)8-12-4-5-15(25-18(12)30-3)31-10-20(21,22)23/h4-7,11H,8-10H2,1-3H3,(H,24,26,28). The highest BCUT2D eigenvalue weighted by Crippen LogP contribution is 2.31. The van der Waals surface area contributed by atoms with Crippen molar-refractivity contribution in [3.8, 4) is 11.8 Å². The molecule has 0 unspecified atom stereocenters. The summed E-state index contributed by atoms with van der Waals surface area (Å²) < 4.78 is 46.8. The molecule has 1 N–H and O–H groups in total. The molecule has 31 heavy (non-hydrogen) atoms. The molecule has 0 bridgehead atoms. The monoisotopic (exact) mass is 438 g/mol. The number of alkyl halides is 3. The molecule has 0 radical (unpaired) electrons. The molecular formula is C20H21F3N4O4. The van der Waals surface area contributed by atoms with Crippen LogP contribution in [0.25, 0.3) is 0 Å². The molecule has 0 atom stereocenters. The third-order valence-electron chi connectivity index (χ3n) is 4.54. The summed E-state index contributed by atoms with van der Waals surface area (Å²) in [6, 6.07) is 4.35. The molecule has 3 rings (SSSR count). The summed E-state index contributed by atoms with van der Waals surface area (Å²) in [5.74, 6) is -0.594. The molecule has 0 aliphatic carbocycles. The van der Waals surface area contributed by atoms with Gasteiger partial charge in [-0.05, 0) is 12.1 Å². The Kier molecular flexibility index (Phi) is 6.32. The lowest BCUT2D eigenvalue weighted by molar-refractivity contribution is -0.154. The van der Waals surface area contributed by atoms with E-state index in [0.29, 0.717) is 22.5 Å². The number of pyridine rings is 2. The van der Waals surface area contributed by atoms with Crippen LogP contribution in [0.1, 0.15) is 35.3 Å². The maximum absolute atomic E-state index is 12.8. The minimum Gasteiger partial charge on any atom is -0.481 e. The summed E-state index contributed by atoms with van der Waals surface area (Å²) in [6.07, 6.45) is -3.04. The number of fused-ring (bicyclic) bond motifs is 1. The van der Waals surface area contributed by atoms with E-state index in [1.807, 2.05) is 0 Å². The number of hydrogen-bond donors (Lipinski definition) is 1. The second-order valence-electron chi connectivity index (χ2n) is 7.21. The Labute approximate surface area is 176 Å². The molecule has 2 aromatic heterocycles. The quantitative estimate of drug-likeness (QED) is 0.714. The Morgan fingerprint density at radius 3 is 2.68 bits per heavy atom. The highest BCUT2D eigenvalue weighted by Gasteiger charge is 2.32. The number of aromatic nitrogens is 2. The van der Waals surface area contributed by atoms with Crippen LogP contribution in [0.4, 0.5) is 19.0 Å². The smallest absolute Gasteiger partial charge is 0.422 e. The van der Waals surface area contributed by atoms with Crippen molar-refractivity contribution in [1.82, 2.24) is 14.9 Å². The zero-order valence-electron chi connectivity index (χ0n) is 17.1. The predicted octanol–water partition coefficient (Wildman–Crippen LogP) is 3.18. The van der Waals surface area contributed by atoms with Gasteiger partial charge >= 0.3 is 6.18 Å². The van der Waals surface area contributed by atoms with Crippen LogP contribution >= 0.6 is 0 Å². The minimum absolute atomic E-state index is 0.0508. The highest BCUT2D eigenvalue weighted by molar-refractivity contribution is 6.01. The molecule has 0 aromatic carbocycles. The summed E-state index contributed by atoms with van der Waals surface area (Å²) in [7, 11) is 1.32. The van der Waals surface area contributed by atoms with Gasteiger partial charge in [-0.1, -0.05) is 13.8 Å². The average Bonchev–Trinajstić information content (AvgIpc) is 3.03. The number of halogens is 3. The first-order valence-corrected chi connectivity index (χ1v) is 9.40. The van der Waals surface area contributed by atoms with E-state index in [1.54, 1.807) is 19.9 Å². The van der Waals surface area contributed by atoms with Crippen molar-refractivity contribution in [2.24, 2.45) is 5.92 Å². The Hall–Kier alpha value is -3.37. The number of carbonyl (C=O) groups is 2. The van der Waals surface area contributed by atoms with E-state index in [0.717, 1.165) is 0 Å². The average molecular weight is 438 g/mol. The van der Waals surface area contributed by atoms with Gasteiger partial charge in [0.05, 0.1) is 20.2 Å². The molecule has 8 nitrogen and oxygen atoms in total. The number of amides is 2. The van der Waals surface area contributed by atoms with Gasteiger partial charge in [-0.25, -0.2) is 4.98 Å². The van der Waals surface area contributed by atoms with Gasteiger partial charge in [0.1, 0.15) is 5.82 Å². The lowest BCUT2D eigenvalue weighted by Crippen LogP contribution is -2.24. The zero-order chi connectivity index (χ0) is 22.8. The van der Waals surface area contributed by atoms with Crippen LogP contribution in [0.15, 0.2) is 24.4 Å². The second kappa shape index (κ2) is 8.78. The Bertz CT molecular complexity index is 995. The molecule has 166 valence electrons. The number of hydrogen-bond acceptors (Lipinski definition) is 6. The molecule has 2 amide bonds. The maximum Gasteiger partial charge on any atom is 0.422 e. The zero-order valence-corrected chi connectivity index (χ0v) is 17.1.